The van der Waals surface area contributed by atoms with Crippen molar-refractivity contribution in [2.24, 2.45) is 0 Å². The van der Waals surface area contributed by atoms with E-state index in [1.54, 1.807) is 0 Å². The summed E-state index contributed by atoms with van der Waals surface area (Å²) in [4.78, 5) is 26.9. The molecule has 2 N–H and O–H groups in total. The van der Waals surface area contributed by atoms with Crippen LogP contribution in [0.1, 0.15) is 41.6 Å². The van der Waals surface area contributed by atoms with Gasteiger partial charge in [-0.25, -0.2) is 22.8 Å². The number of hydrogen-bond donors (Lipinski definition) is 2. The summed E-state index contributed by atoms with van der Waals surface area (Å²) in [5, 5.41) is 5.26. The lowest BCUT2D eigenvalue weighted by Gasteiger charge is -2.14. The number of ether oxygens (including phenoxy) is 2. The minimum absolute atomic E-state index is 0.0411. The van der Waals surface area contributed by atoms with Gasteiger partial charge in [0.25, 0.3) is 0 Å². The van der Waals surface area contributed by atoms with E-state index < -0.39 is 41.6 Å². The summed E-state index contributed by atoms with van der Waals surface area (Å²) in [5.41, 5.74) is -0.888. The number of unbranched alkanes of at least 4 members (excludes halogenated alkanes) is 1. The van der Waals surface area contributed by atoms with E-state index >= 15 is 0 Å². The number of halogens is 4. The second-order valence-corrected chi connectivity index (χ2v) is 9.18. The molecule has 1 aliphatic rings. The molecule has 0 aliphatic carbocycles. The van der Waals surface area contributed by atoms with E-state index in [-0.39, 0.29) is 20.9 Å². The number of likely N-dealkylation sites (tertiary alicyclic amines) is 1. The summed E-state index contributed by atoms with van der Waals surface area (Å²) in [7, 11) is 1.12. The van der Waals surface area contributed by atoms with Crippen molar-refractivity contribution in [1.82, 2.24) is 14.6 Å². The molecule has 1 aliphatic heterocycles. The third-order valence-electron chi connectivity index (χ3n) is 5.23. The topological polar surface area (TPSA) is 92.8 Å². The number of carbonyl (C=O) groups excluding carboxylic acids is 2. The summed E-state index contributed by atoms with van der Waals surface area (Å²) in [6.07, 6.45) is 4.21. The van der Waals surface area contributed by atoms with Crippen molar-refractivity contribution in [2.45, 2.75) is 32.3 Å². The van der Waals surface area contributed by atoms with Crippen molar-refractivity contribution >= 4 is 44.5 Å². The zero-order valence-electron chi connectivity index (χ0n) is 18.4. The number of carbonyl (C=O) groups is 2. The molecule has 3 rings (SSSR count). The number of hydrogen-bond acceptors (Lipinski definition) is 7. The average Bonchev–Trinajstić information content (AvgIpc) is 3.47. The van der Waals surface area contributed by atoms with Gasteiger partial charge in [-0.1, -0.05) is 0 Å². The molecule has 0 radical (unpaired) electrons. The fraction of sp³-hybridized carbons (Fsp3) is 0.476. The molecule has 0 atom stereocenters. The van der Waals surface area contributed by atoms with Gasteiger partial charge in [0, 0.05) is 6.54 Å². The number of esters is 1. The summed E-state index contributed by atoms with van der Waals surface area (Å²) >= 11 is 3.45. The lowest BCUT2D eigenvalue weighted by Crippen LogP contribution is -2.30. The summed E-state index contributed by atoms with van der Waals surface area (Å²) in [6.45, 7) is 2.95. The van der Waals surface area contributed by atoms with Gasteiger partial charge in [0.05, 0.1) is 17.1 Å². The number of anilines is 1. The fourth-order valence-electron chi connectivity index (χ4n) is 3.43. The zero-order valence-corrected chi connectivity index (χ0v) is 20.8. The van der Waals surface area contributed by atoms with Crippen LogP contribution in [0.25, 0.3) is 0 Å². The predicted molar refractivity (Wildman–Crippen MR) is 124 cm³/mol. The van der Waals surface area contributed by atoms with Crippen molar-refractivity contribution in [3.05, 3.63) is 39.1 Å². The third-order valence-corrected chi connectivity index (χ3v) is 6.55. The molecule has 2 heterocycles. The molecule has 0 unspecified atom stereocenters. The van der Waals surface area contributed by atoms with E-state index in [2.05, 4.69) is 35.8 Å². The van der Waals surface area contributed by atoms with Gasteiger partial charge in [0.15, 0.2) is 17.2 Å². The second-order valence-electron chi connectivity index (χ2n) is 7.56. The van der Waals surface area contributed by atoms with Crippen molar-refractivity contribution in [3.8, 4) is 5.88 Å². The maximum absolute atomic E-state index is 14.1. The Kier molecular flexibility index (Phi) is 9.54. The zero-order chi connectivity index (χ0) is 24.7. The first-order chi connectivity index (χ1) is 16.3. The predicted octanol–water partition coefficient (Wildman–Crippen LogP) is 4.69. The molecule has 0 spiro atoms. The maximum atomic E-state index is 14.1. The summed E-state index contributed by atoms with van der Waals surface area (Å²) in [5.74, 6) is -4.91. The van der Waals surface area contributed by atoms with Crippen LogP contribution in [0.2, 0.25) is 0 Å². The van der Waals surface area contributed by atoms with Gasteiger partial charge < -0.3 is 19.7 Å². The molecule has 1 fully saturated rings. The third kappa shape index (κ3) is 6.60. The highest BCUT2D eigenvalue weighted by Gasteiger charge is 2.26. The van der Waals surface area contributed by atoms with Gasteiger partial charge in [-0.3, -0.25) is 5.32 Å². The molecule has 2 amide bonds. The van der Waals surface area contributed by atoms with Crippen LogP contribution in [0.4, 0.5) is 23.0 Å². The Morgan fingerprint density at radius 1 is 1.21 bits per heavy atom. The molecule has 0 bridgehead atoms. The fourth-order valence-corrected chi connectivity index (χ4v) is 4.53. The maximum Gasteiger partial charge on any atom is 0.346 e. The molecule has 1 aromatic heterocycles. The lowest BCUT2D eigenvalue weighted by molar-refractivity contribution is 0.0596. The Hall–Kier alpha value is -2.38. The van der Waals surface area contributed by atoms with Gasteiger partial charge in [-0.15, -0.1) is 0 Å². The lowest BCUT2D eigenvalue weighted by atomic mass is 10.2. The smallest absolute Gasteiger partial charge is 0.346 e. The highest BCUT2D eigenvalue weighted by atomic mass is 79.9. The number of methoxy groups -OCH3 is 1. The minimum Gasteiger partial charge on any atom is -0.471 e. The highest BCUT2D eigenvalue weighted by molar-refractivity contribution is 9.10. The Bertz CT molecular complexity index is 1030. The van der Waals surface area contributed by atoms with Gasteiger partial charge >= 0.3 is 12.0 Å². The van der Waals surface area contributed by atoms with Crippen LogP contribution < -0.4 is 15.4 Å². The van der Waals surface area contributed by atoms with E-state index in [9.17, 15) is 22.8 Å². The summed E-state index contributed by atoms with van der Waals surface area (Å²) < 4.78 is 55.5. The van der Waals surface area contributed by atoms with E-state index in [0.717, 1.165) is 57.2 Å². The van der Waals surface area contributed by atoms with Crippen LogP contribution in [0.15, 0.2) is 10.5 Å². The molecule has 34 heavy (non-hydrogen) atoms. The summed E-state index contributed by atoms with van der Waals surface area (Å²) in [6, 6.07) is 0.218. The van der Waals surface area contributed by atoms with Crippen LogP contribution in [-0.2, 0) is 11.3 Å². The molecular formula is C21H24BrF3N4O4S. The Labute approximate surface area is 207 Å². The van der Waals surface area contributed by atoms with E-state index in [0.29, 0.717) is 6.54 Å². The number of urea groups is 1. The largest absolute Gasteiger partial charge is 0.471 e. The average molecular weight is 565 g/mol. The van der Waals surface area contributed by atoms with Gasteiger partial charge in [-0.05, 0) is 78.8 Å². The van der Waals surface area contributed by atoms with Crippen LogP contribution >= 0.6 is 27.5 Å². The normalized spacial score (nSPS) is 13.7. The molecule has 1 saturated heterocycles. The van der Waals surface area contributed by atoms with Crippen LogP contribution in [0.5, 0.6) is 5.88 Å². The molecule has 2 aromatic rings. The van der Waals surface area contributed by atoms with E-state index in [4.69, 9.17) is 9.47 Å². The second kappa shape index (κ2) is 12.4. The first-order valence-electron chi connectivity index (χ1n) is 10.6. The number of aromatic nitrogens is 1. The van der Waals surface area contributed by atoms with Gasteiger partial charge in [0.2, 0.25) is 5.88 Å². The Morgan fingerprint density at radius 3 is 2.65 bits per heavy atom. The standard InChI is InChI=1S/C21H24BrF3N4O4S/c1-32-20(30)15-18(33-11-12-14(23)10-13(22)17(25)16(12)24)28-34-19(15)27-21(31)26-6-2-3-7-29-8-4-5-9-29/h10H,2-9,11H2,1H3,(H2,26,27,31). The first-order valence-corrected chi connectivity index (χ1v) is 12.2. The van der Waals surface area contributed by atoms with Crippen LogP contribution in [0.3, 0.4) is 0 Å². The van der Waals surface area contributed by atoms with Gasteiger partial charge in [0.1, 0.15) is 17.4 Å². The van der Waals surface area contributed by atoms with Crippen molar-refractivity contribution in [2.75, 3.05) is 38.6 Å². The van der Waals surface area contributed by atoms with Crippen molar-refractivity contribution < 1.29 is 32.2 Å². The molecular weight excluding hydrogens is 541 g/mol. The van der Waals surface area contributed by atoms with E-state index in [1.807, 2.05) is 0 Å². The molecule has 0 saturated carbocycles. The van der Waals surface area contributed by atoms with Crippen LogP contribution in [-0.4, -0.2) is 54.6 Å². The molecule has 186 valence electrons. The Balaban J connectivity index is 1.59. The molecule has 1 aromatic carbocycles. The monoisotopic (exact) mass is 564 g/mol. The quantitative estimate of drug-likeness (QED) is 0.188. The Morgan fingerprint density at radius 2 is 1.94 bits per heavy atom. The highest BCUT2D eigenvalue weighted by Crippen LogP contribution is 2.33. The number of amides is 2. The number of nitrogens with one attached hydrogen (secondary N) is 2. The molecule has 8 nitrogen and oxygen atoms in total. The minimum atomic E-state index is -1.43. The van der Waals surface area contributed by atoms with Crippen molar-refractivity contribution in [3.63, 3.8) is 0 Å². The number of nitrogens with zero attached hydrogens (tertiary/aromatic N) is 2. The SMILES string of the molecule is COC(=O)c1c(OCc2c(F)cc(Br)c(F)c2F)nsc1NC(=O)NCCCCN1CCCC1. The number of benzene rings is 1. The molecule has 13 heteroatoms. The number of rotatable bonds is 10. The van der Waals surface area contributed by atoms with Crippen molar-refractivity contribution in [1.29, 1.82) is 0 Å². The van der Waals surface area contributed by atoms with Crippen LogP contribution in [0, 0.1) is 17.5 Å². The van der Waals surface area contributed by atoms with E-state index in [1.165, 1.54) is 12.8 Å². The first kappa shape index (κ1) is 26.2. The van der Waals surface area contributed by atoms with Gasteiger partial charge in [-0.2, -0.15) is 4.37 Å².